The normalized spacial score (nSPS) is 21.4. The SMILES string of the molecule is CC(=O)OC[C@H]1O[C@@H](n2nc(C(C)(C)C)c(C)c2Cc2ccc(-c3ccc(C)o3)cc2)[C@H](OC(C)=O)[C@@H](OC(C)=O)[C@@H]1OC(C)=O. The molecule has 0 bridgehead atoms. The lowest BCUT2D eigenvalue weighted by Gasteiger charge is -2.44. The first kappa shape index (κ1) is 34.4. The van der Waals surface area contributed by atoms with Crippen LogP contribution in [0, 0.1) is 13.8 Å². The van der Waals surface area contributed by atoms with Gasteiger partial charge in [-0.3, -0.25) is 19.2 Å². The minimum atomic E-state index is -1.31. The number of nitrogens with zero attached hydrogens (tertiary/aromatic N) is 2. The Balaban J connectivity index is 1.85. The third kappa shape index (κ3) is 8.03. The molecule has 248 valence electrons. The van der Waals surface area contributed by atoms with Crippen LogP contribution in [0.4, 0.5) is 0 Å². The minimum Gasteiger partial charge on any atom is -0.463 e. The molecule has 2 aromatic heterocycles. The molecule has 1 saturated heterocycles. The topological polar surface area (TPSA) is 145 Å². The molecule has 0 N–H and O–H groups in total. The molecule has 1 aliphatic rings. The van der Waals surface area contributed by atoms with E-state index in [0.29, 0.717) is 6.42 Å². The largest absolute Gasteiger partial charge is 0.463 e. The molecular weight excluding hydrogens is 596 g/mol. The van der Waals surface area contributed by atoms with Crippen LogP contribution in [0.25, 0.3) is 11.3 Å². The fourth-order valence-corrected chi connectivity index (χ4v) is 5.66. The Hall–Kier alpha value is -4.45. The van der Waals surface area contributed by atoms with Crippen LogP contribution < -0.4 is 0 Å². The standard InChI is InChI=1S/C34H42N2O10/c1-18-10-15-27(42-18)25-13-11-24(12-14-25)16-26-19(2)32(34(7,8)9)35-36(26)33-31(45-23(6)40)30(44-22(5)39)29(43-21(4)38)28(46-33)17-41-20(3)37/h10-15,28-31,33H,16-17H2,1-9H3/t28-,29-,30+,31-,33-/m1/s1. The van der Waals surface area contributed by atoms with Crippen LogP contribution in [0.1, 0.15) is 83.0 Å². The molecular formula is C34H42N2O10. The van der Waals surface area contributed by atoms with Gasteiger partial charge in [0.25, 0.3) is 0 Å². The van der Waals surface area contributed by atoms with Gasteiger partial charge in [0.05, 0.1) is 5.69 Å². The molecule has 1 aromatic carbocycles. The first-order valence-electron chi connectivity index (χ1n) is 15.1. The van der Waals surface area contributed by atoms with E-state index in [1.165, 1.54) is 27.7 Å². The van der Waals surface area contributed by atoms with E-state index >= 15 is 0 Å². The molecule has 1 fully saturated rings. The third-order valence-corrected chi connectivity index (χ3v) is 7.54. The molecule has 0 radical (unpaired) electrons. The molecule has 4 rings (SSSR count). The van der Waals surface area contributed by atoms with Crippen molar-refractivity contribution >= 4 is 23.9 Å². The van der Waals surface area contributed by atoms with Crippen molar-refractivity contribution in [3.05, 3.63) is 64.7 Å². The van der Waals surface area contributed by atoms with Gasteiger partial charge in [0, 0.05) is 50.8 Å². The van der Waals surface area contributed by atoms with Crippen LogP contribution in [0.3, 0.4) is 0 Å². The van der Waals surface area contributed by atoms with Gasteiger partial charge in [-0.2, -0.15) is 5.10 Å². The number of carbonyl (C=O) groups is 4. The number of rotatable bonds is 9. The second-order valence-electron chi connectivity index (χ2n) is 12.5. The Bertz CT molecular complexity index is 1580. The summed E-state index contributed by atoms with van der Waals surface area (Å²) in [7, 11) is 0. The van der Waals surface area contributed by atoms with Gasteiger partial charge >= 0.3 is 23.9 Å². The summed E-state index contributed by atoms with van der Waals surface area (Å²) in [5, 5.41) is 4.98. The minimum absolute atomic E-state index is 0.330. The summed E-state index contributed by atoms with van der Waals surface area (Å²) in [5.74, 6) is -1.09. The Morgan fingerprint density at radius 1 is 0.804 bits per heavy atom. The van der Waals surface area contributed by atoms with E-state index in [-0.39, 0.29) is 12.0 Å². The summed E-state index contributed by atoms with van der Waals surface area (Å²) in [5.41, 5.74) is 3.93. The number of aryl methyl sites for hydroxylation is 1. The summed E-state index contributed by atoms with van der Waals surface area (Å²) >= 11 is 0. The number of carbonyl (C=O) groups excluding carboxylic acids is 4. The molecule has 0 unspecified atom stereocenters. The molecule has 12 nitrogen and oxygen atoms in total. The quantitative estimate of drug-likeness (QED) is 0.233. The number of esters is 4. The number of ether oxygens (including phenoxy) is 5. The molecule has 0 aliphatic carbocycles. The number of hydrogen-bond donors (Lipinski definition) is 0. The molecule has 5 atom stereocenters. The van der Waals surface area contributed by atoms with E-state index in [2.05, 4.69) is 0 Å². The van der Waals surface area contributed by atoms with Crippen molar-refractivity contribution < 1.29 is 47.3 Å². The number of hydrogen-bond acceptors (Lipinski definition) is 11. The maximum absolute atomic E-state index is 12.5. The third-order valence-electron chi connectivity index (χ3n) is 7.54. The summed E-state index contributed by atoms with van der Waals surface area (Å²) < 4.78 is 36.1. The Kier molecular flexibility index (Phi) is 10.4. The van der Waals surface area contributed by atoms with Gasteiger partial charge in [-0.05, 0) is 37.1 Å². The van der Waals surface area contributed by atoms with Crippen LogP contribution in [0.2, 0.25) is 0 Å². The molecule has 3 aromatic rings. The van der Waals surface area contributed by atoms with Crippen LogP contribution in [-0.2, 0) is 54.7 Å². The van der Waals surface area contributed by atoms with Gasteiger partial charge in [-0.1, -0.05) is 45.0 Å². The van der Waals surface area contributed by atoms with Crippen LogP contribution >= 0.6 is 0 Å². The maximum atomic E-state index is 12.5. The summed E-state index contributed by atoms with van der Waals surface area (Å²) in [6.45, 7) is 14.4. The molecule has 1 aliphatic heterocycles. The number of furan rings is 1. The fraction of sp³-hybridized carbons (Fsp3) is 0.500. The second kappa shape index (κ2) is 13.9. The lowest BCUT2D eigenvalue weighted by atomic mass is 9.88. The van der Waals surface area contributed by atoms with Gasteiger partial charge in [0.2, 0.25) is 0 Å². The van der Waals surface area contributed by atoms with Crippen LogP contribution in [-0.4, -0.2) is 64.7 Å². The summed E-state index contributed by atoms with van der Waals surface area (Å²) in [4.78, 5) is 48.8. The highest BCUT2D eigenvalue weighted by Gasteiger charge is 2.53. The molecule has 0 amide bonds. The van der Waals surface area contributed by atoms with Crippen molar-refractivity contribution in [1.29, 1.82) is 0 Å². The summed E-state index contributed by atoms with van der Waals surface area (Å²) in [6.07, 6.45) is -5.69. The zero-order chi connectivity index (χ0) is 33.9. The van der Waals surface area contributed by atoms with Crippen molar-refractivity contribution in [3.63, 3.8) is 0 Å². The highest BCUT2D eigenvalue weighted by molar-refractivity contribution is 5.69. The van der Waals surface area contributed by atoms with Crippen molar-refractivity contribution in [2.75, 3.05) is 6.61 Å². The lowest BCUT2D eigenvalue weighted by molar-refractivity contribution is -0.270. The fourth-order valence-electron chi connectivity index (χ4n) is 5.66. The van der Waals surface area contributed by atoms with Crippen molar-refractivity contribution in [1.82, 2.24) is 9.78 Å². The van der Waals surface area contributed by atoms with Crippen molar-refractivity contribution in [2.45, 2.75) is 105 Å². The first-order chi connectivity index (χ1) is 21.5. The van der Waals surface area contributed by atoms with Gasteiger partial charge in [-0.15, -0.1) is 0 Å². The molecule has 12 heteroatoms. The van der Waals surface area contributed by atoms with E-state index in [9.17, 15) is 19.2 Å². The molecule has 46 heavy (non-hydrogen) atoms. The van der Waals surface area contributed by atoms with E-state index in [4.69, 9.17) is 33.2 Å². The van der Waals surface area contributed by atoms with Crippen molar-refractivity contribution in [3.8, 4) is 11.3 Å². The summed E-state index contributed by atoms with van der Waals surface area (Å²) in [6, 6.07) is 11.8. The molecule has 0 spiro atoms. The van der Waals surface area contributed by atoms with E-state index in [1.54, 1.807) is 4.68 Å². The van der Waals surface area contributed by atoms with Crippen LogP contribution in [0.5, 0.6) is 0 Å². The number of benzene rings is 1. The number of aromatic nitrogens is 2. The Morgan fingerprint density at radius 3 is 1.91 bits per heavy atom. The highest BCUT2D eigenvalue weighted by atomic mass is 16.7. The predicted octanol–water partition coefficient (Wildman–Crippen LogP) is 4.90. The smallest absolute Gasteiger partial charge is 0.303 e. The van der Waals surface area contributed by atoms with E-state index in [1.807, 2.05) is 71.0 Å². The van der Waals surface area contributed by atoms with Gasteiger partial charge < -0.3 is 28.1 Å². The maximum Gasteiger partial charge on any atom is 0.303 e. The average Bonchev–Trinajstić information content (AvgIpc) is 3.52. The van der Waals surface area contributed by atoms with E-state index in [0.717, 1.165) is 39.6 Å². The Labute approximate surface area is 268 Å². The zero-order valence-corrected chi connectivity index (χ0v) is 27.7. The van der Waals surface area contributed by atoms with Gasteiger partial charge in [-0.25, -0.2) is 4.68 Å². The van der Waals surface area contributed by atoms with Gasteiger partial charge in [0.15, 0.2) is 24.5 Å². The van der Waals surface area contributed by atoms with Crippen LogP contribution in [0.15, 0.2) is 40.8 Å². The van der Waals surface area contributed by atoms with Crippen molar-refractivity contribution in [2.24, 2.45) is 0 Å². The zero-order valence-electron chi connectivity index (χ0n) is 27.7. The average molecular weight is 639 g/mol. The van der Waals surface area contributed by atoms with E-state index < -0.39 is 54.5 Å². The monoisotopic (exact) mass is 638 g/mol. The second-order valence-corrected chi connectivity index (χ2v) is 12.5. The first-order valence-corrected chi connectivity index (χ1v) is 15.1. The lowest BCUT2D eigenvalue weighted by Crippen LogP contribution is -2.60. The molecule has 3 heterocycles. The Morgan fingerprint density at radius 2 is 1.39 bits per heavy atom. The van der Waals surface area contributed by atoms with Gasteiger partial charge in [0.1, 0.15) is 24.2 Å². The highest BCUT2D eigenvalue weighted by Crippen LogP contribution is 2.38. The molecule has 0 saturated carbocycles. The predicted molar refractivity (Wildman–Crippen MR) is 165 cm³/mol.